The molecule has 0 radical (unpaired) electrons. The molecule has 0 unspecified atom stereocenters. The quantitative estimate of drug-likeness (QED) is 0.132. The second kappa shape index (κ2) is 22.8. The van der Waals surface area contributed by atoms with Gasteiger partial charge in [-0.15, -0.1) is 0 Å². The number of pyridine rings is 1. The Bertz CT molecular complexity index is 5490. The normalized spacial score (nSPS) is 10.7. The lowest BCUT2D eigenvalue weighted by atomic mass is 9.97. The van der Waals surface area contributed by atoms with Crippen LogP contribution in [0.15, 0.2) is 231 Å². The first-order valence-electron chi connectivity index (χ1n) is 28.7. The second-order valence-electron chi connectivity index (χ2n) is 21.9. The van der Waals surface area contributed by atoms with Crippen LogP contribution in [0.4, 0.5) is 28.4 Å². The van der Waals surface area contributed by atoms with E-state index >= 15 is 0 Å². The van der Waals surface area contributed by atoms with Crippen LogP contribution in [0.1, 0.15) is 22.3 Å². The highest BCUT2D eigenvalue weighted by atomic mass is 15.0. The fraction of sp³-hybridized carbons (Fsp3) is 0. The third-order valence-electron chi connectivity index (χ3n) is 16.5. The molecule has 0 saturated heterocycles. The molecule has 0 spiro atoms. The van der Waals surface area contributed by atoms with Crippen LogP contribution in [-0.4, -0.2) is 14.1 Å². The largest absolute Gasteiger partial charge is 0.319 e. The van der Waals surface area contributed by atoms with Crippen LogP contribution in [0.5, 0.6) is 0 Å². The molecule has 0 aliphatic rings. The Hall–Kier alpha value is -14.4. The van der Waals surface area contributed by atoms with Crippen molar-refractivity contribution >= 4 is 72.0 Å². The molecule has 0 amide bonds. The summed E-state index contributed by atoms with van der Waals surface area (Å²) < 4.78 is 4.25. The molecule has 418 valence electrons. The summed E-state index contributed by atoms with van der Waals surface area (Å²) in [5.74, 6) is 0. The van der Waals surface area contributed by atoms with Gasteiger partial charge in [0.05, 0.1) is 96.3 Å². The Morgan fingerprint density at radius 3 is 0.913 bits per heavy atom. The van der Waals surface area contributed by atoms with Gasteiger partial charge >= 0.3 is 0 Å². The van der Waals surface area contributed by atoms with Gasteiger partial charge in [0.1, 0.15) is 0 Å². The average Bonchev–Trinajstić information content (AvgIpc) is 1.57. The minimum Gasteiger partial charge on any atom is -0.319 e. The number of fused-ring (bicyclic) bond motifs is 6. The molecular weight excluding hydrogens is 1130 g/mol. The molecule has 0 N–H and O–H groups in total. The number of benzene rings is 11. The van der Waals surface area contributed by atoms with E-state index in [4.69, 9.17) is 31.3 Å². The molecule has 0 aliphatic carbocycles. The van der Waals surface area contributed by atoms with Crippen molar-refractivity contribution in [3.05, 3.63) is 310 Å². The lowest BCUT2D eigenvalue weighted by molar-refractivity contribution is 1.15. The number of rotatable bonds is 9. The maximum atomic E-state index is 10.1. The molecule has 92 heavy (non-hydrogen) atoms. The predicted octanol–water partition coefficient (Wildman–Crippen LogP) is 21.2. The molecule has 0 saturated carbocycles. The number of hydrogen-bond donors (Lipinski definition) is 0. The summed E-state index contributed by atoms with van der Waals surface area (Å²) in [5, 5.41) is 43.6. The van der Waals surface area contributed by atoms with Crippen LogP contribution in [0.2, 0.25) is 0 Å². The molecule has 3 heterocycles. The standard InChI is InChI=1S/C80H38N12/c1-85-63-28-48(44-81)24-58(32-63)54-16-20-75-68(36-54)69-37-55(59-25-49(45-82)29-64(33-59)86-2)17-21-76(69)91(75)79-43-74(89-5)80(42-67(79)62-40-72(52-12-8-6-9-13-52)90-73(41-62)53-14-10-7-11-15-53)92-77-22-18-56(60-26-50(46-83)30-65(34-60)87-3)38-70(77)71-39-57(19-23-78(71)92)61-27-51(47-84)31-66(35-61)88-4/h6-43H. The van der Waals surface area contributed by atoms with Crippen molar-refractivity contribution in [2.24, 2.45) is 0 Å². The summed E-state index contributed by atoms with van der Waals surface area (Å²) >= 11 is 0. The smallest absolute Gasteiger partial charge is 0.212 e. The van der Waals surface area contributed by atoms with Gasteiger partial charge in [-0.05, 0) is 196 Å². The highest BCUT2D eigenvalue weighted by Crippen LogP contribution is 2.47. The van der Waals surface area contributed by atoms with E-state index in [0.29, 0.717) is 95.7 Å². The van der Waals surface area contributed by atoms with Crippen LogP contribution in [0.3, 0.4) is 0 Å². The molecule has 14 rings (SSSR count). The van der Waals surface area contributed by atoms with Crippen molar-refractivity contribution in [2.45, 2.75) is 0 Å². The third-order valence-corrected chi connectivity index (χ3v) is 16.5. The van der Waals surface area contributed by atoms with Crippen molar-refractivity contribution in [3.8, 4) is 114 Å². The molecule has 0 bridgehead atoms. The second-order valence-corrected chi connectivity index (χ2v) is 21.9. The van der Waals surface area contributed by atoms with Crippen molar-refractivity contribution in [1.82, 2.24) is 14.1 Å². The third kappa shape index (κ3) is 9.76. The van der Waals surface area contributed by atoms with E-state index in [1.165, 1.54) is 0 Å². The lowest BCUT2D eigenvalue weighted by Crippen LogP contribution is -2.02. The number of aromatic nitrogens is 3. The zero-order valence-corrected chi connectivity index (χ0v) is 48.3. The van der Waals surface area contributed by atoms with Crippen LogP contribution in [0.25, 0.3) is 157 Å². The predicted molar refractivity (Wildman–Crippen MR) is 361 cm³/mol. The summed E-state index contributed by atoms with van der Waals surface area (Å²) in [6.07, 6.45) is 0. The number of hydrogen-bond acceptors (Lipinski definition) is 5. The van der Waals surface area contributed by atoms with Gasteiger partial charge in [0, 0.05) is 66.2 Å². The fourth-order valence-corrected chi connectivity index (χ4v) is 12.4. The average molecular weight is 1170 g/mol. The van der Waals surface area contributed by atoms with E-state index in [2.05, 4.69) is 88.0 Å². The highest BCUT2D eigenvalue weighted by Gasteiger charge is 2.25. The van der Waals surface area contributed by atoms with E-state index in [0.717, 1.165) is 88.1 Å². The Morgan fingerprint density at radius 1 is 0.283 bits per heavy atom. The first-order valence-corrected chi connectivity index (χ1v) is 28.7. The summed E-state index contributed by atoms with van der Waals surface area (Å²) in [4.78, 5) is 24.5. The summed E-state index contributed by atoms with van der Waals surface area (Å²) in [6.45, 7) is 40.8. The highest BCUT2D eigenvalue weighted by molar-refractivity contribution is 6.14. The monoisotopic (exact) mass is 1170 g/mol. The number of nitrogens with zero attached hydrogens (tertiary/aromatic N) is 12. The molecule has 12 nitrogen and oxygen atoms in total. The van der Waals surface area contributed by atoms with Crippen molar-refractivity contribution in [2.75, 3.05) is 0 Å². The van der Waals surface area contributed by atoms with Gasteiger partial charge in [0.25, 0.3) is 0 Å². The molecular formula is C80H38N12. The van der Waals surface area contributed by atoms with Crippen molar-refractivity contribution < 1.29 is 0 Å². The molecule has 3 aromatic heterocycles. The van der Waals surface area contributed by atoms with Crippen LogP contribution < -0.4 is 0 Å². The molecule has 0 aliphatic heterocycles. The lowest BCUT2D eigenvalue weighted by Gasteiger charge is -2.20. The SMILES string of the molecule is [C-]#[N+]c1cc(C#N)cc(-c2ccc3c(c2)c2cc(-c4cc(C#N)cc([N+]#[C-])c4)ccc2n3-c2cc(-c3cc(-c4ccccc4)nc(-c4ccccc4)c3)c(-n3c4ccc(-c5cc(C#N)cc([N+]#[C-])c5)cc4c4cc(-c5cc(C#N)cc([N+]#[C-])c5)ccc43)cc2[N+]#[C-])c1. The van der Waals surface area contributed by atoms with E-state index in [1.54, 1.807) is 72.8 Å². The first-order chi connectivity index (χ1) is 45.1. The Kier molecular flexibility index (Phi) is 13.7. The van der Waals surface area contributed by atoms with E-state index in [1.807, 2.05) is 127 Å². The van der Waals surface area contributed by atoms with Gasteiger partial charge in [0.15, 0.2) is 22.7 Å². The maximum Gasteiger partial charge on any atom is 0.212 e. The molecule has 0 atom stereocenters. The van der Waals surface area contributed by atoms with Gasteiger partial charge in [-0.25, -0.2) is 29.2 Å². The van der Waals surface area contributed by atoms with Crippen molar-refractivity contribution in [1.29, 1.82) is 21.0 Å². The molecule has 11 aromatic carbocycles. The topological polar surface area (TPSA) is 140 Å². The van der Waals surface area contributed by atoms with Gasteiger partial charge in [-0.1, -0.05) is 84.9 Å². The summed E-state index contributed by atoms with van der Waals surface area (Å²) in [6, 6.07) is 81.3. The van der Waals surface area contributed by atoms with Crippen LogP contribution >= 0.6 is 0 Å². The Labute approximate surface area is 528 Å². The van der Waals surface area contributed by atoms with Crippen LogP contribution in [0, 0.1) is 78.2 Å². The van der Waals surface area contributed by atoms with E-state index < -0.39 is 0 Å². The molecule has 12 heteroatoms. The number of nitriles is 4. The zero-order valence-electron chi connectivity index (χ0n) is 48.3. The summed E-state index contributed by atoms with van der Waals surface area (Å²) in [5.41, 5.74) is 17.5. The first kappa shape index (κ1) is 55.5. The minimum absolute atomic E-state index is 0.298. The Balaban J connectivity index is 1.10. The van der Waals surface area contributed by atoms with E-state index in [-0.39, 0.29) is 0 Å². The molecule has 0 fully saturated rings. The minimum atomic E-state index is 0.298. The maximum absolute atomic E-state index is 10.1. The fourth-order valence-electron chi connectivity index (χ4n) is 12.4. The summed E-state index contributed by atoms with van der Waals surface area (Å²) in [7, 11) is 0. The van der Waals surface area contributed by atoms with Crippen molar-refractivity contribution in [3.63, 3.8) is 0 Å². The van der Waals surface area contributed by atoms with Gasteiger partial charge in [-0.3, -0.25) is 0 Å². The van der Waals surface area contributed by atoms with Gasteiger partial charge < -0.3 is 9.13 Å². The van der Waals surface area contributed by atoms with Gasteiger partial charge in [-0.2, -0.15) is 21.0 Å². The van der Waals surface area contributed by atoms with Gasteiger partial charge in [0.2, 0.25) is 5.69 Å². The van der Waals surface area contributed by atoms with E-state index in [9.17, 15) is 27.6 Å². The Morgan fingerprint density at radius 2 is 0.609 bits per heavy atom. The van der Waals surface area contributed by atoms with Crippen LogP contribution in [-0.2, 0) is 0 Å². The zero-order chi connectivity index (χ0) is 63.1. The molecule has 14 aromatic rings.